The third-order valence-electron chi connectivity index (χ3n) is 2.12. The fourth-order valence-electron chi connectivity index (χ4n) is 1.24. The van der Waals surface area contributed by atoms with Gasteiger partial charge in [0.25, 0.3) is 0 Å². The van der Waals surface area contributed by atoms with Crippen LogP contribution in [0, 0.1) is 0 Å². The van der Waals surface area contributed by atoms with Gasteiger partial charge in [-0.2, -0.15) is 0 Å². The molecule has 0 radical (unpaired) electrons. The Kier molecular flexibility index (Phi) is 10.1. The summed E-state index contributed by atoms with van der Waals surface area (Å²) in [5.74, 6) is -0.0472. The quantitative estimate of drug-likeness (QED) is 0.270. The molecule has 0 spiro atoms. The highest BCUT2D eigenvalue weighted by Gasteiger charge is 2.13. The summed E-state index contributed by atoms with van der Waals surface area (Å²) in [6.07, 6.45) is 9.63. The second-order valence-electron chi connectivity index (χ2n) is 4.38. The van der Waals surface area contributed by atoms with Crippen LogP contribution in [0.3, 0.4) is 0 Å². The average Bonchev–Trinajstić information content (AvgIpc) is 2.31. The summed E-state index contributed by atoms with van der Waals surface area (Å²) >= 11 is 0. The summed E-state index contributed by atoms with van der Waals surface area (Å²) in [7, 11) is 0. The van der Waals surface area contributed by atoms with Crippen molar-refractivity contribution in [2.75, 3.05) is 6.61 Å². The maximum Gasteiger partial charge on any atom is 0.373 e. The molecule has 3 nitrogen and oxygen atoms in total. The first-order chi connectivity index (χ1) is 8.61. The number of esters is 1. The molecule has 0 aromatic carbocycles. The number of carbonyl (C=O) groups is 1. The number of unbranched alkanes of at least 4 members (excludes halogenated alkanes) is 2. The monoisotopic (exact) mass is 254 g/mol. The summed E-state index contributed by atoms with van der Waals surface area (Å²) in [6.45, 7) is 8.26. The van der Waals surface area contributed by atoms with Crippen LogP contribution in [-0.4, -0.2) is 18.7 Å². The lowest BCUT2D eigenvalue weighted by atomic mass is 10.3. The number of hydrogen-bond acceptors (Lipinski definition) is 3. The van der Waals surface area contributed by atoms with Crippen molar-refractivity contribution in [2.24, 2.45) is 0 Å². The largest absolute Gasteiger partial charge is 0.483 e. The average molecular weight is 254 g/mol. The molecule has 0 saturated carbocycles. The molecule has 0 unspecified atom stereocenters. The van der Waals surface area contributed by atoms with E-state index < -0.39 is 0 Å². The van der Waals surface area contributed by atoms with E-state index in [1.54, 1.807) is 6.08 Å². The molecule has 0 aliphatic carbocycles. The highest BCUT2D eigenvalue weighted by Crippen LogP contribution is 2.06. The fourth-order valence-corrected chi connectivity index (χ4v) is 1.24. The first-order valence-corrected chi connectivity index (χ1v) is 6.80. The minimum Gasteiger partial charge on any atom is -0.483 e. The molecule has 0 aliphatic rings. The van der Waals surface area contributed by atoms with Gasteiger partial charge in [-0.1, -0.05) is 38.8 Å². The highest BCUT2D eigenvalue weighted by atomic mass is 16.6. The summed E-state index contributed by atoms with van der Waals surface area (Å²) in [6, 6.07) is 0. The van der Waals surface area contributed by atoms with Crippen LogP contribution in [-0.2, 0) is 14.3 Å². The third-order valence-corrected chi connectivity index (χ3v) is 2.12. The Morgan fingerprint density at radius 2 is 1.78 bits per heavy atom. The number of hydrogen-bond donors (Lipinski definition) is 0. The molecule has 0 aliphatic heterocycles. The Morgan fingerprint density at radius 1 is 1.11 bits per heavy atom. The first-order valence-electron chi connectivity index (χ1n) is 6.80. The van der Waals surface area contributed by atoms with Gasteiger partial charge in [0.05, 0.1) is 6.10 Å². The van der Waals surface area contributed by atoms with Crippen LogP contribution in [0.2, 0.25) is 0 Å². The molecule has 0 bridgehead atoms. The van der Waals surface area contributed by atoms with Gasteiger partial charge >= 0.3 is 5.97 Å². The van der Waals surface area contributed by atoms with E-state index in [1.807, 2.05) is 19.9 Å². The van der Waals surface area contributed by atoms with Gasteiger partial charge in [-0.15, -0.1) is 0 Å². The summed E-state index contributed by atoms with van der Waals surface area (Å²) in [5.41, 5.74) is 0. The predicted molar refractivity (Wildman–Crippen MR) is 74.2 cm³/mol. The van der Waals surface area contributed by atoms with E-state index in [0.717, 1.165) is 25.7 Å². The summed E-state index contributed by atoms with van der Waals surface area (Å²) in [4.78, 5) is 11.7. The molecule has 104 valence electrons. The lowest BCUT2D eigenvalue weighted by Gasteiger charge is -2.11. The van der Waals surface area contributed by atoms with Gasteiger partial charge in [-0.25, -0.2) is 4.79 Å². The van der Waals surface area contributed by atoms with E-state index in [4.69, 9.17) is 9.47 Å². The van der Waals surface area contributed by atoms with Gasteiger partial charge < -0.3 is 9.47 Å². The number of ether oxygens (including phenoxy) is 2. The molecule has 18 heavy (non-hydrogen) atoms. The van der Waals surface area contributed by atoms with E-state index in [9.17, 15) is 4.79 Å². The topological polar surface area (TPSA) is 35.5 Å². The zero-order chi connectivity index (χ0) is 13.8. The van der Waals surface area contributed by atoms with Crippen LogP contribution in [0.5, 0.6) is 0 Å². The van der Waals surface area contributed by atoms with Crippen molar-refractivity contribution >= 4 is 5.97 Å². The smallest absolute Gasteiger partial charge is 0.373 e. The van der Waals surface area contributed by atoms with Crippen molar-refractivity contribution in [3.05, 3.63) is 24.0 Å². The second kappa shape index (κ2) is 10.9. The predicted octanol–water partition coefficient (Wildman–Crippen LogP) is 3.99. The molecule has 0 aromatic heterocycles. The Hall–Kier alpha value is -1.25. The van der Waals surface area contributed by atoms with Gasteiger partial charge in [0.1, 0.15) is 6.61 Å². The number of rotatable bonds is 9. The minimum atomic E-state index is -0.373. The summed E-state index contributed by atoms with van der Waals surface area (Å²) in [5, 5.41) is 0. The molecule has 0 rings (SSSR count). The van der Waals surface area contributed by atoms with Crippen LogP contribution >= 0.6 is 0 Å². The molecule has 0 saturated heterocycles. The van der Waals surface area contributed by atoms with Crippen molar-refractivity contribution < 1.29 is 14.3 Å². The molecule has 3 heteroatoms. The lowest BCUT2D eigenvalue weighted by Crippen LogP contribution is -2.15. The van der Waals surface area contributed by atoms with Crippen molar-refractivity contribution in [2.45, 2.75) is 59.5 Å². The lowest BCUT2D eigenvalue weighted by molar-refractivity contribution is -0.146. The van der Waals surface area contributed by atoms with Crippen molar-refractivity contribution in [1.82, 2.24) is 0 Å². The van der Waals surface area contributed by atoms with E-state index in [0.29, 0.717) is 12.4 Å². The Bertz CT molecular complexity index is 277. The van der Waals surface area contributed by atoms with Crippen LogP contribution in [0.15, 0.2) is 24.0 Å². The van der Waals surface area contributed by atoms with E-state index in [1.165, 1.54) is 0 Å². The number of allylic oxidation sites excluding steroid dienone is 2. The molecule has 0 fully saturated rings. The summed E-state index contributed by atoms with van der Waals surface area (Å²) < 4.78 is 10.6. The van der Waals surface area contributed by atoms with Gasteiger partial charge in [0.15, 0.2) is 0 Å². The van der Waals surface area contributed by atoms with E-state index in [-0.39, 0.29) is 12.1 Å². The Labute approximate surface area is 111 Å². The van der Waals surface area contributed by atoms with Crippen molar-refractivity contribution in [1.29, 1.82) is 0 Å². The molecular weight excluding hydrogens is 228 g/mol. The molecular formula is C15H26O3. The highest BCUT2D eigenvalue weighted by molar-refractivity contribution is 5.86. The zero-order valence-corrected chi connectivity index (χ0v) is 12.1. The third kappa shape index (κ3) is 8.85. The van der Waals surface area contributed by atoms with Crippen LogP contribution in [0.25, 0.3) is 0 Å². The van der Waals surface area contributed by atoms with Crippen molar-refractivity contribution in [3.8, 4) is 0 Å². The van der Waals surface area contributed by atoms with Crippen LogP contribution < -0.4 is 0 Å². The van der Waals surface area contributed by atoms with Crippen molar-refractivity contribution in [3.63, 3.8) is 0 Å². The van der Waals surface area contributed by atoms with E-state index >= 15 is 0 Å². The molecule has 0 N–H and O–H groups in total. The van der Waals surface area contributed by atoms with Crippen LogP contribution in [0.1, 0.15) is 53.4 Å². The zero-order valence-electron chi connectivity index (χ0n) is 12.1. The van der Waals surface area contributed by atoms with Crippen LogP contribution in [0.4, 0.5) is 0 Å². The van der Waals surface area contributed by atoms with Gasteiger partial charge in [0, 0.05) is 0 Å². The number of carbonyl (C=O) groups excluding carboxylic acids is 1. The second-order valence-corrected chi connectivity index (χ2v) is 4.38. The first kappa shape index (κ1) is 16.8. The Morgan fingerprint density at radius 3 is 2.33 bits per heavy atom. The molecule has 0 amide bonds. The molecule has 0 heterocycles. The molecule has 0 atom stereocenters. The maximum absolute atomic E-state index is 11.7. The van der Waals surface area contributed by atoms with Gasteiger partial charge in [-0.05, 0) is 32.8 Å². The normalized spacial score (nSPS) is 12.2. The molecule has 0 aromatic rings. The Balaban J connectivity index is 4.27. The standard InChI is InChI=1S/C15H26O3/c1-5-7-9-10-12-17-14(11-8-6-2)15(16)18-13(3)4/h9-11,13H,5-8,12H2,1-4H3/b10-9-,14-11-. The fraction of sp³-hybridized carbons (Fsp3) is 0.667. The minimum absolute atomic E-state index is 0.123. The van der Waals surface area contributed by atoms with Gasteiger partial charge in [0.2, 0.25) is 5.76 Å². The van der Waals surface area contributed by atoms with E-state index in [2.05, 4.69) is 19.9 Å². The van der Waals surface area contributed by atoms with Gasteiger partial charge in [-0.3, -0.25) is 0 Å². The SMILES string of the molecule is CCC/C=C\CO/C(=C\CCC)C(=O)OC(C)C. The maximum atomic E-state index is 11.7.